The summed E-state index contributed by atoms with van der Waals surface area (Å²) in [5.74, 6) is 0.888. The zero-order chi connectivity index (χ0) is 13.5. The van der Waals surface area contributed by atoms with Crippen LogP contribution in [0.25, 0.3) is 0 Å². The van der Waals surface area contributed by atoms with E-state index in [2.05, 4.69) is 30.6 Å². The summed E-state index contributed by atoms with van der Waals surface area (Å²) in [6.45, 7) is 2.74. The van der Waals surface area contributed by atoms with Crippen LogP contribution < -0.4 is 10.6 Å². The molecule has 0 aromatic carbocycles. The van der Waals surface area contributed by atoms with E-state index in [0.29, 0.717) is 30.6 Å². The Balaban J connectivity index is 1.75. The van der Waals surface area contributed by atoms with E-state index >= 15 is 0 Å². The van der Waals surface area contributed by atoms with Gasteiger partial charge >= 0.3 is 0 Å². The fourth-order valence-corrected chi connectivity index (χ4v) is 1.41. The average Bonchev–Trinajstić information content (AvgIpc) is 2.44. The summed E-state index contributed by atoms with van der Waals surface area (Å²) in [5, 5.41) is 5.74. The Morgan fingerprint density at radius 1 is 1.16 bits per heavy atom. The predicted octanol–water partition coefficient (Wildman–Crippen LogP) is 0.417. The number of aryl methyl sites for hydroxylation is 1. The number of aromatic nitrogens is 4. The molecule has 98 valence electrons. The van der Waals surface area contributed by atoms with Gasteiger partial charge in [0.2, 0.25) is 5.95 Å². The average molecular weight is 258 g/mol. The van der Waals surface area contributed by atoms with E-state index in [1.165, 1.54) is 0 Å². The number of anilines is 1. The van der Waals surface area contributed by atoms with Crippen LogP contribution >= 0.6 is 0 Å². The fourth-order valence-electron chi connectivity index (χ4n) is 1.41. The molecule has 2 rings (SSSR count). The van der Waals surface area contributed by atoms with Crippen molar-refractivity contribution in [1.82, 2.24) is 25.3 Å². The molecule has 0 radical (unpaired) electrons. The van der Waals surface area contributed by atoms with Crippen molar-refractivity contribution in [2.24, 2.45) is 0 Å². The van der Waals surface area contributed by atoms with Crippen molar-refractivity contribution in [3.8, 4) is 0 Å². The van der Waals surface area contributed by atoms with Gasteiger partial charge < -0.3 is 10.6 Å². The Hall–Kier alpha value is -2.57. The third kappa shape index (κ3) is 3.98. The van der Waals surface area contributed by atoms with Crippen molar-refractivity contribution in [1.29, 1.82) is 0 Å². The number of rotatable bonds is 5. The molecule has 0 aliphatic rings. The highest BCUT2D eigenvalue weighted by molar-refractivity contribution is 5.92. The molecule has 0 fully saturated rings. The summed E-state index contributed by atoms with van der Waals surface area (Å²) in [5.41, 5.74) is 0.364. The summed E-state index contributed by atoms with van der Waals surface area (Å²) in [7, 11) is 0. The normalized spacial score (nSPS) is 9.95. The molecule has 0 unspecified atom stereocenters. The number of hydrogen-bond donors (Lipinski definition) is 2. The van der Waals surface area contributed by atoms with Crippen LogP contribution in [0, 0.1) is 6.92 Å². The number of amides is 1. The summed E-state index contributed by atoms with van der Waals surface area (Å²) < 4.78 is 0. The van der Waals surface area contributed by atoms with E-state index < -0.39 is 0 Å². The number of nitrogens with zero attached hydrogens (tertiary/aromatic N) is 4. The molecule has 7 nitrogen and oxygen atoms in total. The van der Waals surface area contributed by atoms with Gasteiger partial charge in [-0.25, -0.2) is 19.9 Å². The summed E-state index contributed by atoms with van der Waals surface area (Å²) in [6.07, 6.45) is 4.86. The SMILES string of the molecule is Cc1nccc(C(=O)NCCNc2ncccn2)n1. The first-order chi connectivity index (χ1) is 9.25. The highest BCUT2D eigenvalue weighted by Gasteiger charge is 2.06. The third-order valence-corrected chi connectivity index (χ3v) is 2.27. The Bertz CT molecular complexity index is 545. The molecule has 2 aromatic heterocycles. The highest BCUT2D eigenvalue weighted by Crippen LogP contribution is 1.95. The first-order valence-electron chi connectivity index (χ1n) is 5.84. The molecule has 0 bridgehead atoms. The lowest BCUT2D eigenvalue weighted by atomic mass is 10.3. The number of hydrogen-bond acceptors (Lipinski definition) is 6. The van der Waals surface area contributed by atoms with Crippen molar-refractivity contribution in [3.05, 3.63) is 42.2 Å². The van der Waals surface area contributed by atoms with Crippen LogP contribution in [0.1, 0.15) is 16.3 Å². The smallest absolute Gasteiger partial charge is 0.270 e. The summed E-state index contributed by atoms with van der Waals surface area (Å²) in [4.78, 5) is 27.7. The Morgan fingerprint density at radius 2 is 1.95 bits per heavy atom. The molecule has 0 spiro atoms. The lowest BCUT2D eigenvalue weighted by molar-refractivity contribution is 0.0949. The second-order valence-electron chi connectivity index (χ2n) is 3.74. The maximum absolute atomic E-state index is 11.7. The molecule has 7 heteroatoms. The summed E-state index contributed by atoms with van der Waals surface area (Å²) >= 11 is 0. The Morgan fingerprint density at radius 3 is 2.68 bits per heavy atom. The molecule has 0 aliphatic heterocycles. The minimum atomic E-state index is -0.221. The molecule has 0 aliphatic carbocycles. The molecule has 0 saturated carbocycles. The van der Waals surface area contributed by atoms with E-state index in [9.17, 15) is 4.79 Å². The molecule has 2 heterocycles. The molecule has 0 atom stereocenters. The number of carbonyl (C=O) groups excluding carboxylic acids is 1. The monoisotopic (exact) mass is 258 g/mol. The largest absolute Gasteiger partial charge is 0.352 e. The van der Waals surface area contributed by atoms with Gasteiger partial charge in [0, 0.05) is 31.7 Å². The van der Waals surface area contributed by atoms with Crippen molar-refractivity contribution >= 4 is 11.9 Å². The van der Waals surface area contributed by atoms with Gasteiger partial charge in [-0.3, -0.25) is 4.79 Å². The maximum atomic E-state index is 11.7. The van der Waals surface area contributed by atoms with Gasteiger partial charge in [0.1, 0.15) is 11.5 Å². The third-order valence-electron chi connectivity index (χ3n) is 2.27. The van der Waals surface area contributed by atoms with Crippen LogP contribution in [-0.2, 0) is 0 Å². The molecule has 0 saturated heterocycles. The minimum Gasteiger partial charge on any atom is -0.352 e. The highest BCUT2D eigenvalue weighted by atomic mass is 16.1. The van der Waals surface area contributed by atoms with E-state index in [4.69, 9.17) is 0 Å². The molecule has 2 aromatic rings. The molecular weight excluding hydrogens is 244 g/mol. The van der Waals surface area contributed by atoms with Gasteiger partial charge in [0.25, 0.3) is 5.91 Å². The van der Waals surface area contributed by atoms with Crippen molar-refractivity contribution < 1.29 is 4.79 Å². The number of carbonyl (C=O) groups is 1. The number of nitrogens with one attached hydrogen (secondary N) is 2. The van der Waals surface area contributed by atoms with Gasteiger partial charge in [-0.15, -0.1) is 0 Å². The van der Waals surface area contributed by atoms with Gasteiger partial charge in [-0.2, -0.15) is 0 Å². The molecule has 19 heavy (non-hydrogen) atoms. The summed E-state index contributed by atoms with van der Waals surface area (Å²) in [6, 6.07) is 3.32. The van der Waals surface area contributed by atoms with Crippen molar-refractivity contribution in [2.45, 2.75) is 6.92 Å². The van der Waals surface area contributed by atoms with E-state index in [-0.39, 0.29) is 5.91 Å². The van der Waals surface area contributed by atoms with Crippen LogP contribution in [0.15, 0.2) is 30.7 Å². The zero-order valence-corrected chi connectivity index (χ0v) is 10.5. The van der Waals surface area contributed by atoms with Gasteiger partial charge in [-0.05, 0) is 19.1 Å². The van der Waals surface area contributed by atoms with Gasteiger partial charge in [-0.1, -0.05) is 0 Å². The van der Waals surface area contributed by atoms with Crippen LogP contribution in [0.3, 0.4) is 0 Å². The van der Waals surface area contributed by atoms with Crippen LogP contribution in [-0.4, -0.2) is 38.9 Å². The molecule has 2 N–H and O–H groups in total. The second-order valence-corrected chi connectivity index (χ2v) is 3.74. The maximum Gasteiger partial charge on any atom is 0.270 e. The lowest BCUT2D eigenvalue weighted by Gasteiger charge is -2.06. The first kappa shape index (κ1) is 12.9. The van der Waals surface area contributed by atoms with Crippen molar-refractivity contribution in [3.63, 3.8) is 0 Å². The van der Waals surface area contributed by atoms with E-state index in [1.807, 2.05) is 0 Å². The standard InChI is InChI=1S/C12H14N6O/c1-9-13-6-3-10(18-9)11(19)14-7-8-17-12-15-4-2-5-16-12/h2-6H,7-8H2,1H3,(H,14,19)(H,15,16,17). The van der Waals surface area contributed by atoms with Gasteiger partial charge in [0.15, 0.2) is 0 Å². The fraction of sp³-hybridized carbons (Fsp3) is 0.250. The van der Waals surface area contributed by atoms with E-state index in [0.717, 1.165) is 0 Å². The predicted molar refractivity (Wildman–Crippen MR) is 69.6 cm³/mol. The Kier molecular flexibility index (Phi) is 4.33. The molecule has 1 amide bonds. The molecular formula is C12H14N6O. The first-order valence-corrected chi connectivity index (χ1v) is 5.84. The van der Waals surface area contributed by atoms with Crippen LogP contribution in [0.2, 0.25) is 0 Å². The lowest BCUT2D eigenvalue weighted by Crippen LogP contribution is -2.29. The topological polar surface area (TPSA) is 92.7 Å². The van der Waals surface area contributed by atoms with E-state index in [1.54, 1.807) is 37.6 Å². The quantitative estimate of drug-likeness (QED) is 0.755. The van der Waals surface area contributed by atoms with Crippen LogP contribution in [0.4, 0.5) is 5.95 Å². The zero-order valence-electron chi connectivity index (χ0n) is 10.5. The Labute approximate surface area is 110 Å². The van der Waals surface area contributed by atoms with Crippen LogP contribution in [0.5, 0.6) is 0 Å². The second kappa shape index (κ2) is 6.39. The van der Waals surface area contributed by atoms with Gasteiger partial charge in [0.05, 0.1) is 0 Å². The minimum absolute atomic E-state index is 0.221. The van der Waals surface area contributed by atoms with Crippen molar-refractivity contribution in [2.75, 3.05) is 18.4 Å².